The van der Waals surface area contributed by atoms with Crippen LogP contribution in [0.3, 0.4) is 0 Å². The average molecular weight is 187 g/mol. The molecule has 2 unspecified atom stereocenters. The highest BCUT2D eigenvalue weighted by molar-refractivity contribution is 4.89. The molecule has 0 aliphatic carbocycles. The van der Waals surface area contributed by atoms with Crippen LogP contribution in [0, 0.1) is 5.92 Å². The van der Waals surface area contributed by atoms with Gasteiger partial charge in [-0.05, 0) is 33.2 Å². The SMILES string of the molecule is CCOC(C)(CC)C(NC)C(C)C. The van der Waals surface area contributed by atoms with Crippen molar-refractivity contribution in [3.63, 3.8) is 0 Å². The normalized spacial score (nSPS) is 18.7. The third kappa shape index (κ3) is 3.28. The van der Waals surface area contributed by atoms with E-state index in [1.165, 1.54) is 0 Å². The van der Waals surface area contributed by atoms with E-state index in [2.05, 4.69) is 39.9 Å². The first-order chi connectivity index (χ1) is 6.01. The van der Waals surface area contributed by atoms with E-state index in [0.717, 1.165) is 13.0 Å². The molecule has 0 heterocycles. The lowest BCUT2D eigenvalue weighted by atomic mass is 9.85. The van der Waals surface area contributed by atoms with E-state index in [9.17, 15) is 0 Å². The number of nitrogens with one attached hydrogen (secondary N) is 1. The van der Waals surface area contributed by atoms with E-state index >= 15 is 0 Å². The van der Waals surface area contributed by atoms with Gasteiger partial charge in [-0.3, -0.25) is 0 Å². The van der Waals surface area contributed by atoms with Gasteiger partial charge in [0.2, 0.25) is 0 Å². The van der Waals surface area contributed by atoms with Crippen molar-refractivity contribution >= 4 is 0 Å². The van der Waals surface area contributed by atoms with Crippen LogP contribution >= 0.6 is 0 Å². The highest BCUT2D eigenvalue weighted by Crippen LogP contribution is 2.24. The summed E-state index contributed by atoms with van der Waals surface area (Å²) in [6, 6.07) is 0.428. The van der Waals surface area contributed by atoms with Gasteiger partial charge in [-0.15, -0.1) is 0 Å². The van der Waals surface area contributed by atoms with Crippen molar-refractivity contribution in [2.45, 2.75) is 52.7 Å². The van der Waals surface area contributed by atoms with Crippen LogP contribution in [0.4, 0.5) is 0 Å². The molecule has 0 aromatic heterocycles. The lowest BCUT2D eigenvalue weighted by molar-refractivity contribution is -0.0640. The van der Waals surface area contributed by atoms with Crippen LogP contribution in [-0.4, -0.2) is 25.3 Å². The van der Waals surface area contributed by atoms with Gasteiger partial charge in [0.1, 0.15) is 0 Å². The lowest BCUT2D eigenvalue weighted by Crippen LogP contribution is -2.52. The van der Waals surface area contributed by atoms with Crippen molar-refractivity contribution < 1.29 is 4.74 Å². The highest BCUT2D eigenvalue weighted by Gasteiger charge is 2.33. The van der Waals surface area contributed by atoms with Gasteiger partial charge < -0.3 is 10.1 Å². The van der Waals surface area contributed by atoms with Gasteiger partial charge in [0.25, 0.3) is 0 Å². The predicted molar refractivity (Wildman–Crippen MR) is 58.0 cm³/mol. The van der Waals surface area contributed by atoms with Gasteiger partial charge in [-0.25, -0.2) is 0 Å². The molecule has 80 valence electrons. The smallest absolute Gasteiger partial charge is 0.0806 e. The molecule has 0 aromatic carbocycles. The quantitative estimate of drug-likeness (QED) is 0.689. The summed E-state index contributed by atoms with van der Waals surface area (Å²) in [6.07, 6.45) is 1.05. The molecule has 0 bridgehead atoms. The van der Waals surface area contributed by atoms with Crippen molar-refractivity contribution in [2.75, 3.05) is 13.7 Å². The van der Waals surface area contributed by atoms with E-state index in [4.69, 9.17) is 4.74 Å². The Hall–Kier alpha value is -0.0800. The molecule has 0 fully saturated rings. The minimum atomic E-state index is -0.0301. The second kappa shape index (κ2) is 5.61. The fraction of sp³-hybridized carbons (Fsp3) is 1.00. The Kier molecular flexibility index (Phi) is 5.57. The standard InChI is InChI=1S/C11H25NO/c1-7-11(5,13-8-2)10(12-6)9(3)4/h9-10,12H,7-8H2,1-6H3. The van der Waals surface area contributed by atoms with Crippen LogP contribution in [0.25, 0.3) is 0 Å². The molecule has 0 aromatic rings. The summed E-state index contributed by atoms with van der Waals surface area (Å²) in [4.78, 5) is 0. The molecule has 0 rings (SSSR count). The minimum absolute atomic E-state index is 0.0301. The molecular formula is C11H25NO. The molecule has 0 radical (unpaired) electrons. The Labute approximate surface area is 83.1 Å². The molecule has 2 heteroatoms. The van der Waals surface area contributed by atoms with Gasteiger partial charge in [0, 0.05) is 12.6 Å². The summed E-state index contributed by atoms with van der Waals surface area (Å²) < 4.78 is 5.83. The van der Waals surface area contributed by atoms with E-state index in [-0.39, 0.29) is 5.60 Å². The minimum Gasteiger partial charge on any atom is -0.374 e. The van der Waals surface area contributed by atoms with Crippen molar-refractivity contribution in [3.8, 4) is 0 Å². The van der Waals surface area contributed by atoms with Gasteiger partial charge in [0.05, 0.1) is 5.60 Å². The Morgan fingerprint density at radius 2 is 1.85 bits per heavy atom. The maximum Gasteiger partial charge on any atom is 0.0806 e. The first-order valence-corrected chi connectivity index (χ1v) is 5.33. The number of hydrogen-bond acceptors (Lipinski definition) is 2. The number of rotatable bonds is 6. The zero-order chi connectivity index (χ0) is 10.5. The Morgan fingerprint density at radius 3 is 2.08 bits per heavy atom. The van der Waals surface area contributed by atoms with Crippen LogP contribution in [-0.2, 0) is 4.74 Å². The molecule has 2 atom stereocenters. The topological polar surface area (TPSA) is 21.3 Å². The van der Waals surface area contributed by atoms with Crippen molar-refractivity contribution in [1.29, 1.82) is 0 Å². The maximum absolute atomic E-state index is 5.83. The van der Waals surface area contributed by atoms with Crippen molar-refractivity contribution in [3.05, 3.63) is 0 Å². The maximum atomic E-state index is 5.83. The largest absolute Gasteiger partial charge is 0.374 e. The first-order valence-electron chi connectivity index (χ1n) is 5.33. The number of hydrogen-bond donors (Lipinski definition) is 1. The molecule has 0 spiro atoms. The second-order valence-electron chi connectivity index (χ2n) is 4.11. The van der Waals surface area contributed by atoms with Gasteiger partial charge in [-0.2, -0.15) is 0 Å². The fourth-order valence-electron chi connectivity index (χ4n) is 2.09. The van der Waals surface area contributed by atoms with E-state index in [1.54, 1.807) is 0 Å². The predicted octanol–water partition coefficient (Wildman–Crippen LogP) is 2.44. The summed E-state index contributed by atoms with van der Waals surface area (Å²) in [5.41, 5.74) is -0.0301. The van der Waals surface area contributed by atoms with Crippen LogP contribution in [0.2, 0.25) is 0 Å². The zero-order valence-electron chi connectivity index (χ0n) is 9.98. The fourth-order valence-corrected chi connectivity index (χ4v) is 2.09. The van der Waals surface area contributed by atoms with E-state index < -0.39 is 0 Å². The van der Waals surface area contributed by atoms with Gasteiger partial charge >= 0.3 is 0 Å². The average Bonchev–Trinajstić information content (AvgIpc) is 2.05. The van der Waals surface area contributed by atoms with E-state index in [1.807, 2.05) is 7.05 Å². The molecule has 0 amide bonds. The Balaban J connectivity index is 4.48. The van der Waals surface area contributed by atoms with Crippen molar-refractivity contribution in [1.82, 2.24) is 5.32 Å². The zero-order valence-corrected chi connectivity index (χ0v) is 9.98. The molecule has 0 saturated carbocycles. The van der Waals surface area contributed by atoms with Gasteiger partial charge in [0.15, 0.2) is 0 Å². The molecule has 0 saturated heterocycles. The molecular weight excluding hydrogens is 162 g/mol. The number of likely N-dealkylation sites (N-methyl/N-ethyl adjacent to an activating group) is 1. The first kappa shape index (κ1) is 12.9. The Bertz CT molecular complexity index is 136. The van der Waals surface area contributed by atoms with Crippen LogP contribution in [0.5, 0.6) is 0 Å². The van der Waals surface area contributed by atoms with Crippen molar-refractivity contribution in [2.24, 2.45) is 5.92 Å². The molecule has 13 heavy (non-hydrogen) atoms. The molecule has 0 aliphatic rings. The monoisotopic (exact) mass is 187 g/mol. The molecule has 1 N–H and O–H groups in total. The molecule has 0 aliphatic heterocycles. The Morgan fingerprint density at radius 1 is 1.31 bits per heavy atom. The second-order valence-corrected chi connectivity index (χ2v) is 4.11. The summed E-state index contributed by atoms with van der Waals surface area (Å²) in [5, 5.41) is 3.35. The third-order valence-corrected chi connectivity index (χ3v) is 2.81. The van der Waals surface area contributed by atoms with Crippen LogP contribution in [0.15, 0.2) is 0 Å². The summed E-state index contributed by atoms with van der Waals surface area (Å²) in [7, 11) is 2.01. The summed E-state index contributed by atoms with van der Waals surface area (Å²) >= 11 is 0. The van der Waals surface area contributed by atoms with Crippen LogP contribution in [0.1, 0.15) is 41.0 Å². The number of ether oxygens (including phenoxy) is 1. The molecule has 2 nitrogen and oxygen atoms in total. The lowest BCUT2D eigenvalue weighted by Gasteiger charge is -2.39. The highest BCUT2D eigenvalue weighted by atomic mass is 16.5. The van der Waals surface area contributed by atoms with E-state index in [0.29, 0.717) is 12.0 Å². The van der Waals surface area contributed by atoms with Crippen LogP contribution < -0.4 is 5.32 Å². The summed E-state index contributed by atoms with van der Waals surface area (Å²) in [6.45, 7) is 11.7. The third-order valence-electron chi connectivity index (χ3n) is 2.81. The summed E-state index contributed by atoms with van der Waals surface area (Å²) in [5.74, 6) is 0.599. The van der Waals surface area contributed by atoms with Gasteiger partial charge in [-0.1, -0.05) is 20.8 Å².